The van der Waals surface area contributed by atoms with Crippen molar-refractivity contribution in [2.45, 2.75) is 20.3 Å². The first-order valence-corrected chi connectivity index (χ1v) is 7.72. The van der Waals surface area contributed by atoms with E-state index in [1.165, 1.54) is 19.2 Å². The van der Waals surface area contributed by atoms with E-state index in [0.717, 1.165) is 22.2 Å². The number of hydrogen-bond acceptors (Lipinski definition) is 3. The van der Waals surface area contributed by atoms with Gasteiger partial charge in [0.2, 0.25) is 0 Å². The van der Waals surface area contributed by atoms with Gasteiger partial charge in [0.1, 0.15) is 5.82 Å². The first kappa shape index (κ1) is 16.2. The molecule has 3 rings (SSSR count). The van der Waals surface area contributed by atoms with Crippen molar-refractivity contribution in [2.75, 3.05) is 7.11 Å². The van der Waals surface area contributed by atoms with Gasteiger partial charge < -0.3 is 4.74 Å². The molecule has 124 valence electrons. The minimum atomic E-state index is -0.588. The summed E-state index contributed by atoms with van der Waals surface area (Å²) in [4.78, 5) is 11.8. The van der Waals surface area contributed by atoms with E-state index < -0.39 is 5.41 Å². The molecule has 0 unspecified atom stereocenters. The zero-order chi connectivity index (χ0) is 17.3. The molecule has 0 saturated heterocycles. The molecule has 0 N–H and O–H groups in total. The first-order chi connectivity index (χ1) is 11.4. The fraction of sp³-hybridized carbons (Fsp3) is 0.263. The third kappa shape index (κ3) is 3.02. The van der Waals surface area contributed by atoms with Crippen LogP contribution in [0.4, 0.5) is 4.39 Å². The second kappa shape index (κ2) is 6.07. The molecule has 0 amide bonds. The highest BCUT2D eigenvalue weighted by atomic mass is 19.1. The van der Waals surface area contributed by atoms with Crippen LogP contribution in [-0.2, 0) is 16.0 Å². The Morgan fingerprint density at radius 1 is 1.21 bits per heavy atom. The van der Waals surface area contributed by atoms with Gasteiger partial charge in [0, 0.05) is 5.39 Å². The molecule has 0 aliphatic rings. The number of aromatic nitrogens is 2. The zero-order valence-electron chi connectivity index (χ0n) is 13.9. The maximum Gasteiger partial charge on any atom is 0.311 e. The molecule has 2 aromatic carbocycles. The van der Waals surface area contributed by atoms with Crippen LogP contribution in [-0.4, -0.2) is 22.9 Å². The molecule has 0 saturated carbocycles. The normalized spacial score (nSPS) is 11.7. The van der Waals surface area contributed by atoms with Crippen molar-refractivity contribution in [1.82, 2.24) is 9.78 Å². The fourth-order valence-corrected chi connectivity index (χ4v) is 2.84. The van der Waals surface area contributed by atoms with Crippen molar-refractivity contribution in [3.05, 3.63) is 60.0 Å². The topological polar surface area (TPSA) is 44.1 Å². The highest BCUT2D eigenvalue weighted by molar-refractivity contribution is 5.81. The van der Waals surface area contributed by atoms with Crippen molar-refractivity contribution >= 4 is 16.9 Å². The Morgan fingerprint density at radius 2 is 1.92 bits per heavy atom. The van der Waals surface area contributed by atoms with Gasteiger partial charge >= 0.3 is 5.97 Å². The maximum atomic E-state index is 13.1. The van der Waals surface area contributed by atoms with Gasteiger partial charge in [-0.1, -0.05) is 6.07 Å². The van der Waals surface area contributed by atoms with E-state index in [0.29, 0.717) is 6.42 Å². The molecule has 0 aliphatic heterocycles. The Hall–Kier alpha value is -2.69. The largest absolute Gasteiger partial charge is 0.469 e. The highest BCUT2D eigenvalue weighted by Crippen LogP contribution is 2.26. The second-order valence-electron chi connectivity index (χ2n) is 6.48. The lowest BCUT2D eigenvalue weighted by Gasteiger charge is -2.21. The summed E-state index contributed by atoms with van der Waals surface area (Å²) in [6.45, 7) is 3.73. The first-order valence-electron chi connectivity index (χ1n) is 7.72. The van der Waals surface area contributed by atoms with Crippen molar-refractivity contribution in [3.8, 4) is 5.69 Å². The van der Waals surface area contributed by atoms with Crippen molar-refractivity contribution < 1.29 is 13.9 Å². The molecule has 0 atom stereocenters. The molecular weight excluding hydrogens is 307 g/mol. The molecule has 0 spiro atoms. The van der Waals surface area contributed by atoms with Crippen LogP contribution in [0, 0.1) is 11.2 Å². The number of halogens is 1. The van der Waals surface area contributed by atoms with Crippen LogP contribution >= 0.6 is 0 Å². The lowest BCUT2D eigenvalue weighted by Crippen LogP contribution is -2.27. The number of esters is 1. The molecule has 0 radical (unpaired) electrons. The average Bonchev–Trinajstić information content (AvgIpc) is 2.97. The Labute approximate surface area is 139 Å². The number of methoxy groups -OCH3 is 1. The molecule has 0 aliphatic carbocycles. The SMILES string of the molecule is COC(=O)C(C)(C)Cc1ccc2c(cnn2-c2ccc(F)cc2)c1. The van der Waals surface area contributed by atoms with E-state index in [1.807, 2.05) is 32.0 Å². The minimum absolute atomic E-state index is 0.232. The van der Waals surface area contributed by atoms with Gasteiger partial charge in [-0.15, -0.1) is 0 Å². The van der Waals surface area contributed by atoms with Gasteiger partial charge in [0.15, 0.2) is 0 Å². The number of benzene rings is 2. The number of carbonyl (C=O) groups excluding carboxylic acids is 1. The van der Waals surface area contributed by atoms with Crippen LogP contribution in [0.5, 0.6) is 0 Å². The predicted octanol–water partition coefficient (Wildman–Crippen LogP) is 3.91. The van der Waals surface area contributed by atoms with E-state index in [-0.39, 0.29) is 11.8 Å². The summed E-state index contributed by atoms with van der Waals surface area (Å²) in [6, 6.07) is 12.2. The van der Waals surface area contributed by atoms with E-state index >= 15 is 0 Å². The van der Waals surface area contributed by atoms with Crippen LogP contribution in [0.15, 0.2) is 48.7 Å². The molecule has 0 bridgehead atoms. The molecule has 4 nitrogen and oxygen atoms in total. The van der Waals surface area contributed by atoms with Crippen molar-refractivity contribution in [3.63, 3.8) is 0 Å². The molecule has 1 heterocycles. The number of nitrogens with zero attached hydrogens (tertiary/aromatic N) is 2. The molecule has 24 heavy (non-hydrogen) atoms. The molecule has 3 aromatic rings. The number of carbonyl (C=O) groups is 1. The van der Waals surface area contributed by atoms with Crippen LogP contribution < -0.4 is 0 Å². The fourth-order valence-electron chi connectivity index (χ4n) is 2.84. The third-order valence-electron chi connectivity index (χ3n) is 4.09. The third-order valence-corrected chi connectivity index (χ3v) is 4.09. The van der Waals surface area contributed by atoms with E-state index in [4.69, 9.17) is 4.74 Å². The lowest BCUT2D eigenvalue weighted by molar-refractivity contribution is -0.150. The van der Waals surface area contributed by atoms with Gasteiger partial charge in [0.05, 0.1) is 29.9 Å². The molecule has 5 heteroatoms. The monoisotopic (exact) mass is 326 g/mol. The Balaban J connectivity index is 1.94. The molecule has 0 fully saturated rings. The molecular formula is C19H19FN2O2. The van der Waals surface area contributed by atoms with Gasteiger partial charge in [-0.2, -0.15) is 5.10 Å². The maximum absolute atomic E-state index is 13.1. The number of hydrogen-bond donors (Lipinski definition) is 0. The van der Waals surface area contributed by atoms with Crippen LogP contribution in [0.3, 0.4) is 0 Å². The summed E-state index contributed by atoms with van der Waals surface area (Å²) >= 11 is 0. The van der Waals surface area contributed by atoms with Gasteiger partial charge in [-0.25, -0.2) is 9.07 Å². The summed E-state index contributed by atoms with van der Waals surface area (Å²) in [5.74, 6) is -0.507. The average molecular weight is 326 g/mol. The highest BCUT2D eigenvalue weighted by Gasteiger charge is 2.29. The summed E-state index contributed by atoms with van der Waals surface area (Å²) in [5.41, 5.74) is 2.18. The molecule has 1 aromatic heterocycles. The summed E-state index contributed by atoms with van der Waals surface area (Å²) < 4.78 is 19.7. The minimum Gasteiger partial charge on any atom is -0.469 e. The Bertz CT molecular complexity index is 882. The number of rotatable bonds is 4. The Kier molecular flexibility index (Phi) is 4.09. The van der Waals surface area contributed by atoms with E-state index in [2.05, 4.69) is 5.10 Å². The van der Waals surface area contributed by atoms with Crippen molar-refractivity contribution in [2.24, 2.45) is 5.41 Å². The van der Waals surface area contributed by atoms with Gasteiger partial charge in [-0.05, 0) is 62.2 Å². The summed E-state index contributed by atoms with van der Waals surface area (Å²) in [6.07, 6.45) is 2.35. The van der Waals surface area contributed by atoms with E-state index in [1.54, 1.807) is 23.0 Å². The van der Waals surface area contributed by atoms with E-state index in [9.17, 15) is 9.18 Å². The smallest absolute Gasteiger partial charge is 0.311 e. The van der Waals surface area contributed by atoms with Crippen LogP contribution in [0.1, 0.15) is 19.4 Å². The standard InChI is InChI=1S/C19H19FN2O2/c1-19(2,18(23)24-3)11-13-4-9-17-14(10-13)12-21-22(17)16-7-5-15(20)6-8-16/h4-10,12H,11H2,1-3H3. The van der Waals surface area contributed by atoms with Crippen LogP contribution in [0.25, 0.3) is 16.6 Å². The quantitative estimate of drug-likeness (QED) is 0.683. The van der Waals surface area contributed by atoms with Crippen LogP contribution in [0.2, 0.25) is 0 Å². The van der Waals surface area contributed by atoms with Gasteiger partial charge in [-0.3, -0.25) is 4.79 Å². The Morgan fingerprint density at radius 3 is 2.58 bits per heavy atom. The summed E-state index contributed by atoms with van der Waals surface area (Å²) in [5, 5.41) is 5.36. The number of ether oxygens (including phenoxy) is 1. The van der Waals surface area contributed by atoms with Gasteiger partial charge in [0.25, 0.3) is 0 Å². The number of fused-ring (bicyclic) bond motifs is 1. The zero-order valence-corrected chi connectivity index (χ0v) is 13.9. The second-order valence-corrected chi connectivity index (χ2v) is 6.48. The summed E-state index contributed by atoms with van der Waals surface area (Å²) in [7, 11) is 1.40. The predicted molar refractivity (Wildman–Crippen MR) is 90.5 cm³/mol. The lowest BCUT2D eigenvalue weighted by atomic mass is 9.85. The van der Waals surface area contributed by atoms with Crippen molar-refractivity contribution in [1.29, 1.82) is 0 Å².